The summed E-state index contributed by atoms with van der Waals surface area (Å²) in [6.07, 6.45) is 0.349. The Morgan fingerprint density at radius 3 is 2.33 bits per heavy atom. The van der Waals surface area contributed by atoms with E-state index in [1.54, 1.807) is 7.11 Å². The fourth-order valence-corrected chi connectivity index (χ4v) is 2.30. The summed E-state index contributed by atoms with van der Waals surface area (Å²) in [5.41, 5.74) is 7.73. The SMILES string of the molecule is COc1ccccc1CC(=O)C(C)(C)c1ccc(N)cc1. The van der Waals surface area contributed by atoms with Crippen molar-refractivity contribution in [2.45, 2.75) is 25.7 Å². The number of benzene rings is 2. The lowest BCUT2D eigenvalue weighted by atomic mass is 9.78. The molecule has 2 N–H and O–H groups in total. The van der Waals surface area contributed by atoms with Crippen molar-refractivity contribution >= 4 is 11.5 Å². The van der Waals surface area contributed by atoms with Crippen molar-refractivity contribution in [2.24, 2.45) is 0 Å². The number of nitrogen functional groups attached to an aromatic ring is 1. The van der Waals surface area contributed by atoms with E-state index in [-0.39, 0.29) is 5.78 Å². The normalized spacial score (nSPS) is 11.2. The van der Waals surface area contributed by atoms with Gasteiger partial charge in [0.1, 0.15) is 11.5 Å². The van der Waals surface area contributed by atoms with Crippen molar-refractivity contribution in [3.63, 3.8) is 0 Å². The minimum atomic E-state index is -0.561. The summed E-state index contributed by atoms with van der Waals surface area (Å²) in [6.45, 7) is 3.88. The van der Waals surface area contributed by atoms with Gasteiger partial charge in [0.05, 0.1) is 7.11 Å². The molecule has 0 heterocycles. The molecule has 3 heteroatoms. The molecule has 0 bridgehead atoms. The van der Waals surface area contributed by atoms with E-state index < -0.39 is 5.41 Å². The molecule has 0 aliphatic heterocycles. The van der Waals surface area contributed by atoms with Gasteiger partial charge in [0.25, 0.3) is 0 Å². The van der Waals surface area contributed by atoms with Gasteiger partial charge in [-0.3, -0.25) is 4.79 Å². The first-order valence-electron chi connectivity index (χ1n) is 6.96. The molecule has 2 aromatic rings. The number of anilines is 1. The quantitative estimate of drug-likeness (QED) is 0.856. The second-order valence-corrected chi connectivity index (χ2v) is 5.66. The van der Waals surface area contributed by atoms with Gasteiger partial charge in [-0.25, -0.2) is 0 Å². The minimum Gasteiger partial charge on any atom is -0.496 e. The highest BCUT2D eigenvalue weighted by molar-refractivity contribution is 5.91. The van der Waals surface area contributed by atoms with Gasteiger partial charge in [0, 0.05) is 23.1 Å². The zero-order valence-corrected chi connectivity index (χ0v) is 12.7. The van der Waals surface area contributed by atoms with Gasteiger partial charge >= 0.3 is 0 Å². The summed E-state index contributed by atoms with van der Waals surface area (Å²) in [5.74, 6) is 0.899. The summed E-state index contributed by atoms with van der Waals surface area (Å²) in [7, 11) is 1.62. The summed E-state index contributed by atoms with van der Waals surface area (Å²) < 4.78 is 5.31. The van der Waals surface area contributed by atoms with Crippen molar-refractivity contribution in [3.8, 4) is 5.75 Å². The van der Waals surface area contributed by atoms with Gasteiger partial charge in [-0.15, -0.1) is 0 Å². The first-order chi connectivity index (χ1) is 9.95. The van der Waals surface area contributed by atoms with Crippen molar-refractivity contribution < 1.29 is 9.53 Å². The fourth-order valence-electron chi connectivity index (χ4n) is 2.30. The van der Waals surface area contributed by atoms with Crippen molar-refractivity contribution in [1.29, 1.82) is 0 Å². The predicted molar refractivity (Wildman–Crippen MR) is 85.6 cm³/mol. The van der Waals surface area contributed by atoms with Crippen LogP contribution in [0, 0.1) is 0 Å². The fraction of sp³-hybridized carbons (Fsp3) is 0.278. The number of ether oxygens (including phenoxy) is 1. The van der Waals surface area contributed by atoms with Crippen molar-refractivity contribution in [2.75, 3.05) is 12.8 Å². The number of ketones is 1. The molecule has 0 saturated carbocycles. The molecule has 0 aromatic heterocycles. The molecule has 2 rings (SSSR count). The molecule has 0 amide bonds. The van der Waals surface area contributed by atoms with Gasteiger partial charge < -0.3 is 10.5 Å². The average molecular weight is 283 g/mol. The maximum Gasteiger partial charge on any atom is 0.147 e. The Morgan fingerprint density at radius 2 is 1.71 bits per heavy atom. The van der Waals surface area contributed by atoms with E-state index in [1.165, 1.54) is 0 Å². The Bertz CT molecular complexity index is 630. The Hall–Kier alpha value is -2.29. The van der Waals surface area contributed by atoms with E-state index in [1.807, 2.05) is 62.4 Å². The average Bonchev–Trinajstić information content (AvgIpc) is 2.48. The lowest BCUT2D eigenvalue weighted by Gasteiger charge is -2.24. The summed E-state index contributed by atoms with van der Waals surface area (Å²) in [4.78, 5) is 12.7. The van der Waals surface area contributed by atoms with Crippen LogP contribution < -0.4 is 10.5 Å². The molecule has 2 aromatic carbocycles. The number of Topliss-reactive ketones (excluding diaryl/α,β-unsaturated/α-hetero) is 1. The first-order valence-corrected chi connectivity index (χ1v) is 6.96. The molecule has 3 nitrogen and oxygen atoms in total. The van der Waals surface area contributed by atoms with E-state index in [0.717, 1.165) is 16.9 Å². The third-order valence-electron chi connectivity index (χ3n) is 3.87. The van der Waals surface area contributed by atoms with Gasteiger partial charge in [-0.2, -0.15) is 0 Å². The standard InChI is InChI=1S/C18H21NO2/c1-18(2,14-8-10-15(19)11-9-14)17(20)12-13-6-4-5-7-16(13)21-3/h4-11H,12,19H2,1-3H3. The number of hydrogen-bond donors (Lipinski definition) is 1. The predicted octanol–water partition coefficient (Wildman–Crippen LogP) is 3.37. The lowest BCUT2D eigenvalue weighted by molar-refractivity contribution is -0.122. The van der Waals surface area contributed by atoms with E-state index in [0.29, 0.717) is 12.1 Å². The highest BCUT2D eigenvalue weighted by atomic mass is 16.5. The highest BCUT2D eigenvalue weighted by Gasteiger charge is 2.29. The van der Waals surface area contributed by atoms with Crippen LogP contribution in [0.3, 0.4) is 0 Å². The molecule has 0 saturated heterocycles. The van der Waals surface area contributed by atoms with Gasteiger partial charge in [-0.1, -0.05) is 30.3 Å². The van der Waals surface area contributed by atoms with Crippen LogP contribution in [0.5, 0.6) is 5.75 Å². The molecule has 0 unspecified atom stereocenters. The lowest BCUT2D eigenvalue weighted by Crippen LogP contribution is -2.30. The Labute approximate surface area is 125 Å². The van der Waals surface area contributed by atoms with Crippen LogP contribution in [0.15, 0.2) is 48.5 Å². The number of nitrogens with two attached hydrogens (primary N) is 1. The second-order valence-electron chi connectivity index (χ2n) is 5.66. The Kier molecular flexibility index (Phi) is 4.32. The molecule has 0 aliphatic rings. The smallest absolute Gasteiger partial charge is 0.147 e. The van der Waals surface area contributed by atoms with Gasteiger partial charge in [0.2, 0.25) is 0 Å². The maximum atomic E-state index is 12.7. The summed E-state index contributed by atoms with van der Waals surface area (Å²) in [6, 6.07) is 15.1. The van der Waals surface area contributed by atoms with Crippen LogP contribution in [-0.4, -0.2) is 12.9 Å². The zero-order chi connectivity index (χ0) is 15.5. The summed E-state index contributed by atoms with van der Waals surface area (Å²) in [5, 5.41) is 0. The number of para-hydroxylation sites is 1. The largest absolute Gasteiger partial charge is 0.496 e. The second kappa shape index (κ2) is 6.00. The Morgan fingerprint density at radius 1 is 1.10 bits per heavy atom. The van der Waals surface area contributed by atoms with Crippen molar-refractivity contribution in [1.82, 2.24) is 0 Å². The molecular weight excluding hydrogens is 262 g/mol. The van der Waals surface area contributed by atoms with Crippen LogP contribution in [0.25, 0.3) is 0 Å². The third kappa shape index (κ3) is 3.24. The molecule has 0 radical (unpaired) electrons. The van der Waals surface area contributed by atoms with Crippen LogP contribution in [0.4, 0.5) is 5.69 Å². The number of methoxy groups -OCH3 is 1. The number of rotatable bonds is 5. The minimum absolute atomic E-state index is 0.150. The third-order valence-corrected chi connectivity index (χ3v) is 3.87. The van der Waals surface area contributed by atoms with Crippen LogP contribution in [0.1, 0.15) is 25.0 Å². The van der Waals surface area contributed by atoms with Gasteiger partial charge in [-0.05, 0) is 37.6 Å². The molecule has 0 fully saturated rings. The summed E-state index contributed by atoms with van der Waals surface area (Å²) >= 11 is 0. The van der Waals surface area contributed by atoms with Crippen LogP contribution in [-0.2, 0) is 16.6 Å². The number of carbonyl (C=O) groups excluding carboxylic acids is 1. The molecule has 0 spiro atoms. The highest BCUT2D eigenvalue weighted by Crippen LogP contribution is 2.28. The number of carbonyl (C=O) groups is 1. The number of hydrogen-bond acceptors (Lipinski definition) is 3. The van der Waals surface area contributed by atoms with Crippen molar-refractivity contribution in [3.05, 3.63) is 59.7 Å². The maximum absolute atomic E-state index is 12.7. The van der Waals surface area contributed by atoms with E-state index >= 15 is 0 Å². The molecule has 21 heavy (non-hydrogen) atoms. The first kappa shape index (κ1) is 15.1. The topological polar surface area (TPSA) is 52.3 Å². The van der Waals surface area contributed by atoms with E-state index in [4.69, 9.17) is 10.5 Å². The molecule has 110 valence electrons. The molecule has 0 atom stereocenters. The molecular formula is C18H21NO2. The van der Waals surface area contributed by atoms with Gasteiger partial charge in [0.15, 0.2) is 0 Å². The molecule has 0 aliphatic carbocycles. The Balaban J connectivity index is 2.24. The van der Waals surface area contributed by atoms with E-state index in [2.05, 4.69) is 0 Å². The van der Waals surface area contributed by atoms with E-state index in [9.17, 15) is 4.79 Å². The van der Waals surface area contributed by atoms with Crippen LogP contribution >= 0.6 is 0 Å². The monoisotopic (exact) mass is 283 g/mol. The zero-order valence-electron chi connectivity index (χ0n) is 12.7. The van der Waals surface area contributed by atoms with Crippen LogP contribution in [0.2, 0.25) is 0 Å².